The van der Waals surface area contributed by atoms with E-state index in [1.807, 2.05) is 12.1 Å². The third-order valence-electron chi connectivity index (χ3n) is 4.93. The summed E-state index contributed by atoms with van der Waals surface area (Å²) in [5, 5.41) is 6.73. The molecule has 0 heterocycles. The van der Waals surface area contributed by atoms with E-state index in [2.05, 4.69) is 39.9 Å². The SMILES string of the molecule is CN=C(NCc1ccc(F)c(COC)c1)NCC1(c2ccccc2)CC1. The Hall–Kier alpha value is -2.40. The Labute approximate surface area is 154 Å². The first-order valence-electron chi connectivity index (χ1n) is 8.93. The Balaban J connectivity index is 1.55. The van der Waals surface area contributed by atoms with Crippen molar-refractivity contribution in [2.75, 3.05) is 20.7 Å². The molecule has 138 valence electrons. The molecule has 0 atom stereocenters. The molecule has 2 N–H and O–H groups in total. The van der Waals surface area contributed by atoms with Crippen molar-refractivity contribution in [3.63, 3.8) is 0 Å². The van der Waals surface area contributed by atoms with E-state index in [0.717, 1.165) is 18.1 Å². The fourth-order valence-electron chi connectivity index (χ4n) is 3.17. The van der Waals surface area contributed by atoms with E-state index < -0.39 is 0 Å². The molecule has 1 fully saturated rings. The van der Waals surface area contributed by atoms with Crippen molar-refractivity contribution < 1.29 is 9.13 Å². The normalized spacial score (nSPS) is 15.6. The Kier molecular flexibility index (Phi) is 5.89. The Morgan fingerprint density at radius 1 is 1.15 bits per heavy atom. The van der Waals surface area contributed by atoms with Crippen molar-refractivity contribution in [2.24, 2.45) is 4.99 Å². The number of rotatable bonds is 7. The summed E-state index contributed by atoms with van der Waals surface area (Å²) in [6, 6.07) is 15.7. The van der Waals surface area contributed by atoms with E-state index in [-0.39, 0.29) is 17.8 Å². The molecule has 0 saturated heterocycles. The number of hydrogen-bond donors (Lipinski definition) is 2. The van der Waals surface area contributed by atoms with Crippen LogP contribution in [0.2, 0.25) is 0 Å². The van der Waals surface area contributed by atoms with Gasteiger partial charge in [-0.15, -0.1) is 0 Å². The fourth-order valence-corrected chi connectivity index (χ4v) is 3.17. The Morgan fingerprint density at radius 2 is 1.92 bits per heavy atom. The van der Waals surface area contributed by atoms with Gasteiger partial charge in [-0.1, -0.05) is 36.4 Å². The lowest BCUT2D eigenvalue weighted by molar-refractivity contribution is 0.181. The molecule has 0 aromatic heterocycles. The molecule has 0 aliphatic heterocycles. The molecule has 3 rings (SSSR count). The van der Waals surface area contributed by atoms with Gasteiger partial charge in [-0.25, -0.2) is 4.39 Å². The zero-order valence-corrected chi connectivity index (χ0v) is 15.4. The summed E-state index contributed by atoms with van der Waals surface area (Å²) in [5.41, 5.74) is 3.16. The first kappa shape index (κ1) is 18.4. The highest BCUT2D eigenvalue weighted by atomic mass is 19.1. The van der Waals surface area contributed by atoms with Gasteiger partial charge >= 0.3 is 0 Å². The number of benzene rings is 2. The van der Waals surface area contributed by atoms with E-state index in [4.69, 9.17) is 4.74 Å². The summed E-state index contributed by atoms with van der Waals surface area (Å²) in [7, 11) is 3.33. The first-order valence-corrected chi connectivity index (χ1v) is 8.93. The average molecular weight is 355 g/mol. The van der Waals surface area contributed by atoms with Crippen molar-refractivity contribution >= 4 is 5.96 Å². The first-order chi connectivity index (χ1) is 12.7. The van der Waals surface area contributed by atoms with Gasteiger partial charge in [-0.05, 0) is 36.1 Å². The molecule has 0 bridgehead atoms. The van der Waals surface area contributed by atoms with Gasteiger partial charge in [-0.3, -0.25) is 4.99 Å². The maximum Gasteiger partial charge on any atom is 0.191 e. The predicted molar refractivity (Wildman–Crippen MR) is 103 cm³/mol. The van der Waals surface area contributed by atoms with Gasteiger partial charge < -0.3 is 15.4 Å². The molecule has 5 heteroatoms. The molecular formula is C21H26FN3O. The predicted octanol–water partition coefficient (Wildman–Crippen LogP) is 3.37. The van der Waals surface area contributed by atoms with Crippen molar-refractivity contribution in [3.8, 4) is 0 Å². The maximum atomic E-state index is 13.7. The number of aliphatic imine (C=N–C) groups is 1. The maximum absolute atomic E-state index is 13.7. The minimum absolute atomic E-state index is 0.223. The molecule has 0 spiro atoms. The van der Waals surface area contributed by atoms with Gasteiger partial charge in [0.05, 0.1) is 6.61 Å². The van der Waals surface area contributed by atoms with Crippen molar-refractivity contribution in [3.05, 3.63) is 71.0 Å². The van der Waals surface area contributed by atoms with E-state index >= 15 is 0 Å². The van der Waals surface area contributed by atoms with Crippen LogP contribution < -0.4 is 10.6 Å². The lowest BCUT2D eigenvalue weighted by Crippen LogP contribution is -2.40. The number of halogens is 1. The minimum atomic E-state index is -0.239. The molecule has 1 aliphatic rings. The standard InChI is InChI=1S/C21H26FN3O/c1-23-20(24-13-16-8-9-19(22)17(12-16)14-26-2)25-15-21(10-11-21)18-6-4-3-5-7-18/h3-9,12H,10-11,13-15H2,1-2H3,(H2,23,24,25). The van der Waals surface area contributed by atoms with Crippen LogP contribution in [0, 0.1) is 5.82 Å². The lowest BCUT2D eigenvalue weighted by Gasteiger charge is -2.19. The molecule has 4 nitrogen and oxygen atoms in total. The van der Waals surface area contributed by atoms with Crippen LogP contribution in [0.25, 0.3) is 0 Å². The van der Waals surface area contributed by atoms with Gasteiger partial charge in [-0.2, -0.15) is 0 Å². The number of hydrogen-bond acceptors (Lipinski definition) is 2. The highest BCUT2D eigenvalue weighted by molar-refractivity contribution is 5.79. The Bertz CT molecular complexity index is 757. The van der Waals surface area contributed by atoms with Crippen molar-refractivity contribution in [1.29, 1.82) is 0 Å². The van der Waals surface area contributed by atoms with Gasteiger partial charge in [0.2, 0.25) is 0 Å². The fraction of sp³-hybridized carbons (Fsp3) is 0.381. The number of ether oxygens (including phenoxy) is 1. The molecule has 2 aromatic carbocycles. The quantitative estimate of drug-likeness (QED) is 0.591. The van der Waals surface area contributed by atoms with E-state index in [9.17, 15) is 4.39 Å². The third-order valence-corrected chi connectivity index (χ3v) is 4.93. The van der Waals surface area contributed by atoms with Crippen LogP contribution in [-0.2, 0) is 23.3 Å². The highest BCUT2D eigenvalue weighted by Crippen LogP contribution is 2.47. The zero-order chi connectivity index (χ0) is 18.4. The topological polar surface area (TPSA) is 45.7 Å². The molecule has 2 aromatic rings. The van der Waals surface area contributed by atoms with Crippen LogP contribution in [0.3, 0.4) is 0 Å². The molecule has 26 heavy (non-hydrogen) atoms. The third kappa shape index (κ3) is 4.41. The molecule has 0 unspecified atom stereocenters. The number of nitrogens with one attached hydrogen (secondary N) is 2. The zero-order valence-electron chi connectivity index (χ0n) is 15.4. The molecule has 1 saturated carbocycles. The second kappa shape index (κ2) is 8.32. The van der Waals surface area contributed by atoms with Gasteiger partial charge in [0.15, 0.2) is 5.96 Å². The number of nitrogens with zero attached hydrogens (tertiary/aromatic N) is 1. The molecule has 0 amide bonds. The monoisotopic (exact) mass is 355 g/mol. The minimum Gasteiger partial charge on any atom is -0.380 e. The smallest absolute Gasteiger partial charge is 0.191 e. The van der Waals surface area contributed by atoms with Crippen LogP contribution >= 0.6 is 0 Å². The van der Waals surface area contributed by atoms with Gasteiger partial charge in [0, 0.05) is 38.2 Å². The second-order valence-corrected chi connectivity index (χ2v) is 6.78. The Morgan fingerprint density at radius 3 is 2.58 bits per heavy atom. The number of guanidine groups is 1. The summed E-state index contributed by atoms with van der Waals surface area (Å²) >= 11 is 0. The van der Waals surface area contributed by atoms with Gasteiger partial charge in [0.25, 0.3) is 0 Å². The second-order valence-electron chi connectivity index (χ2n) is 6.78. The summed E-state index contributed by atoms with van der Waals surface area (Å²) in [5.74, 6) is 0.515. The van der Waals surface area contributed by atoms with Gasteiger partial charge in [0.1, 0.15) is 5.82 Å². The van der Waals surface area contributed by atoms with Crippen LogP contribution in [0.4, 0.5) is 4.39 Å². The highest BCUT2D eigenvalue weighted by Gasteiger charge is 2.43. The van der Waals surface area contributed by atoms with Crippen LogP contribution in [0.5, 0.6) is 0 Å². The van der Waals surface area contributed by atoms with Crippen molar-refractivity contribution in [1.82, 2.24) is 10.6 Å². The molecule has 1 aliphatic carbocycles. The molecule has 0 radical (unpaired) electrons. The van der Waals surface area contributed by atoms with E-state index in [0.29, 0.717) is 12.1 Å². The number of methoxy groups -OCH3 is 1. The van der Waals surface area contributed by atoms with E-state index in [1.54, 1.807) is 20.2 Å². The summed E-state index contributed by atoms with van der Waals surface area (Å²) < 4.78 is 18.7. The lowest BCUT2D eigenvalue weighted by atomic mass is 9.96. The van der Waals surface area contributed by atoms with E-state index in [1.165, 1.54) is 24.5 Å². The summed E-state index contributed by atoms with van der Waals surface area (Å²) in [6.45, 7) is 1.70. The van der Waals surface area contributed by atoms with Crippen LogP contribution in [0.1, 0.15) is 29.5 Å². The summed E-state index contributed by atoms with van der Waals surface area (Å²) in [4.78, 5) is 4.30. The van der Waals surface area contributed by atoms with Crippen LogP contribution in [0.15, 0.2) is 53.5 Å². The van der Waals surface area contributed by atoms with Crippen LogP contribution in [-0.4, -0.2) is 26.7 Å². The largest absolute Gasteiger partial charge is 0.380 e. The molecular weight excluding hydrogens is 329 g/mol. The van der Waals surface area contributed by atoms with Crippen molar-refractivity contribution in [2.45, 2.75) is 31.4 Å². The average Bonchev–Trinajstić information content (AvgIpc) is 3.46. The summed E-state index contributed by atoms with van der Waals surface area (Å²) in [6.07, 6.45) is 2.39.